The van der Waals surface area contributed by atoms with Gasteiger partial charge >= 0.3 is 5.97 Å². The minimum Gasteiger partial charge on any atom is -0.497 e. The number of benzene rings is 2. The normalized spacial score (nSPS) is 10.5. The molecule has 3 aromatic rings. The molecule has 2 amide bonds. The zero-order valence-electron chi connectivity index (χ0n) is 19.2. The molecule has 0 bridgehead atoms. The van der Waals surface area contributed by atoms with Gasteiger partial charge in [0.2, 0.25) is 5.91 Å². The lowest BCUT2D eigenvalue weighted by Gasteiger charge is -2.08. The van der Waals surface area contributed by atoms with Crippen molar-refractivity contribution < 1.29 is 23.9 Å². The molecule has 2 N–H and O–H groups in total. The lowest BCUT2D eigenvalue weighted by atomic mass is 10.1. The Morgan fingerprint density at radius 2 is 1.64 bits per heavy atom. The van der Waals surface area contributed by atoms with Crippen LogP contribution >= 0.6 is 11.3 Å². The van der Waals surface area contributed by atoms with E-state index in [0.717, 1.165) is 28.0 Å². The second-order valence-electron chi connectivity index (χ2n) is 7.60. The van der Waals surface area contributed by atoms with Gasteiger partial charge in [-0.25, -0.2) is 4.79 Å². The molecule has 0 unspecified atom stereocenters. The first-order chi connectivity index (χ1) is 15.7. The van der Waals surface area contributed by atoms with Crippen LogP contribution in [0, 0.1) is 20.8 Å². The maximum atomic E-state index is 13.0. The van der Waals surface area contributed by atoms with Crippen molar-refractivity contribution in [3.63, 3.8) is 0 Å². The van der Waals surface area contributed by atoms with E-state index >= 15 is 0 Å². The third kappa shape index (κ3) is 5.59. The number of nitrogens with one attached hydrogen (secondary N) is 2. The van der Waals surface area contributed by atoms with E-state index in [2.05, 4.69) is 10.6 Å². The summed E-state index contributed by atoms with van der Waals surface area (Å²) in [6.07, 6.45) is 0.103. The summed E-state index contributed by atoms with van der Waals surface area (Å²) in [6, 6.07) is 12.9. The summed E-state index contributed by atoms with van der Waals surface area (Å²) in [5.41, 5.74) is 4.12. The zero-order chi connectivity index (χ0) is 24.1. The van der Waals surface area contributed by atoms with Crippen LogP contribution in [0.15, 0.2) is 42.5 Å². The number of esters is 1. The van der Waals surface area contributed by atoms with Crippen molar-refractivity contribution in [3.05, 3.63) is 75.2 Å². The molecule has 0 fully saturated rings. The van der Waals surface area contributed by atoms with E-state index in [4.69, 9.17) is 9.47 Å². The Bertz CT molecular complexity index is 1200. The van der Waals surface area contributed by atoms with Gasteiger partial charge in [0.05, 0.1) is 31.1 Å². The van der Waals surface area contributed by atoms with Gasteiger partial charge in [-0.05, 0) is 55.7 Å². The smallest absolute Gasteiger partial charge is 0.341 e. The number of thiophene rings is 1. The molecule has 3 rings (SSSR count). The Balaban J connectivity index is 1.84. The Morgan fingerprint density at radius 3 is 2.24 bits per heavy atom. The molecule has 0 radical (unpaired) electrons. The van der Waals surface area contributed by atoms with E-state index in [0.29, 0.717) is 21.9 Å². The maximum Gasteiger partial charge on any atom is 0.341 e. The number of ether oxygens (including phenoxy) is 2. The van der Waals surface area contributed by atoms with Gasteiger partial charge in [0.15, 0.2) is 0 Å². The second-order valence-corrected chi connectivity index (χ2v) is 8.62. The largest absolute Gasteiger partial charge is 0.497 e. The van der Waals surface area contributed by atoms with Crippen LogP contribution < -0.4 is 15.4 Å². The van der Waals surface area contributed by atoms with Crippen molar-refractivity contribution in [1.82, 2.24) is 0 Å². The Kier molecular flexibility index (Phi) is 7.50. The highest BCUT2D eigenvalue weighted by Crippen LogP contribution is 2.34. The predicted octanol–water partition coefficient (Wildman–Crippen LogP) is 4.90. The van der Waals surface area contributed by atoms with Crippen LogP contribution in [0.3, 0.4) is 0 Å². The van der Waals surface area contributed by atoms with Crippen molar-refractivity contribution in [2.24, 2.45) is 0 Å². The Morgan fingerprint density at radius 1 is 0.939 bits per heavy atom. The fraction of sp³-hybridized carbons (Fsp3) is 0.240. The molecule has 1 aromatic heterocycles. The molecule has 0 aliphatic carbocycles. The summed E-state index contributed by atoms with van der Waals surface area (Å²) in [6.45, 7) is 5.55. The fourth-order valence-corrected chi connectivity index (χ4v) is 4.50. The second kappa shape index (κ2) is 10.3. The maximum absolute atomic E-state index is 13.0. The fourth-order valence-electron chi connectivity index (χ4n) is 3.40. The molecule has 0 saturated heterocycles. The van der Waals surface area contributed by atoms with Gasteiger partial charge in [-0.2, -0.15) is 0 Å². The minimum atomic E-state index is -0.617. The van der Waals surface area contributed by atoms with Crippen molar-refractivity contribution in [2.75, 3.05) is 24.9 Å². The van der Waals surface area contributed by atoms with Crippen molar-refractivity contribution in [3.8, 4) is 5.75 Å². The number of anilines is 2. The van der Waals surface area contributed by atoms with E-state index in [1.165, 1.54) is 7.11 Å². The molecule has 0 spiro atoms. The van der Waals surface area contributed by atoms with Gasteiger partial charge in [-0.15, -0.1) is 11.3 Å². The molecule has 0 aliphatic heterocycles. The van der Waals surface area contributed by atoms with Gasteiger partial charge in [-0.3, -0.25) is 9.59 Å². The number of carbonyl (C=O) groups is 3. The molecule has 0 aliphatic rings. The first-order valence-electron chi connectivity index (χ1n) is 10.3. The molecule has 2 aromatic carbocycles. The van der Waals surface area contributed by atoms with Gasteiger partial charge in [-0.1, -0.05) is 29.8 Å². The predicted molar refractivity (Wildman–Crippen MR) is 130 cm³/mol. The summed E-state index contributed by atoms with van der Waals surface area (Å²) in [4.78, 5) is 38.4. The number of rotatable bonds is 7. The minimum absolute atomic E-state index is 0.103. The molecule has 8 heteroatoms. The first-order valence-corrected chi connectivity index (χ1v) is 11.1. The van der Waals surface area contributed by atoms with Gasteiger partial charge in [0.25, 0.3) is 5.91 Å². The lowest BCUT2D eigenvalue weighted by Crippen LogP contribution is -2.16. The Hall–Kier alpha value is -3.65. The molecule has 0 saturated carbocycles. The zero-order valence-corrected chi connectivity index (χ0v) is 20.0. The summed E-state index contributed by atoms with van der Waals surface area (Å²) in [5.74, 6) is -0.590. The summed E-state index contributed by atoms with van der Waals surface area (Å²) in [5, 5.41) is 5.94. The monoisotopic (exact) mass is 466 g/mol. The number of hydrogen-bond donors (Lipinski definition) is 2. The number of amides is 2. The summed E-state index contributed by atoms with van der Waals surface area (Å²) < 4.78 is 10.0. The lowest BCUT2D eigenvalue weighted by molar-refractivity contribution is -0.115. The molecule has 1 heterocycles. The standard InChI is InChI=1S/C25H26N2O5S/c1-14-6-11-19(15(2)12-14)26-23(29)22-16(3)21(25(30)32-5)24(33-22)27-20(28)13-17-7-9-18(31-4)10-8-17/h6-12H,13H2,1-5H3,(H,26,29)(H,27,28). The molecular formula is C25H26N2O5S. The highest BCUT2D eigenvalue weighted by Gasteiger charge is 2.26. The number of carbonyl (C=O) groups excluding carboxylic acids is 3. The van der Waals surface area contributed by atoms with Crippen LogP contribution in [0.4, 0.5) is 10.7 Å². The van der Waals surface area contributed by atoms with E-state index in [1.54, 1.807) is 38.3 Å². The van der Waals surface area contributed by atoms with Crippen LogP contribution in [0.2, 0.25) is 0 Å². The van der Waals surface area contributed by atoms with Crippen LogP contribution in [-0.2, 0) is 16.0 Å². The van der Waals surface area contributed by atoms with E-state index in [9.17, 15) is 14.4 Å². The highest BCUT2D eigenvalue weighted by atomic mass is 32.1. The van der Waals surface area contributed by atoms with Gasteiger partial charge < -0.3 is 20.1 Å². The summed E-state index contributed by atoms with van der Waals surface area (Å²) in [7, 11) is 2.83. The molecule has 33 heavy (non-hydrogen) atoms. The number of aryl methyl sites for hydroxylation is 2. The molecule has 0 atom stereocenters. The van der Waals surface area contributed by atoms with Gasteiger partial charge in [0, 0.05) is 5.69 Å². The van der Waals surface area contributed by atoms with Crippen molar-refractivity contribution in [1.29, 1.82) is 0 Å². The quantitative estimate of drug-likeness (QED) is 0.483. The van der Waals surface area contributed by atoms with Crippen LogP contribution in [0.1, 0.15) is 42.3 Å². The van der Waals surface area contributed by atoms with Gasteiger partial charge in [0.1, 0.15) is 10.8 Å². The Labute approximate surface area is 196 Å². The average molecular weight is 467 g/mol. The van der Waals surface area contributed by atoms with Crippen LogP contribution in [0.5, 0.6) is 5.75 Å². The molecule has 7 nitrogen and oxygen atoms in total. The summed E-state index contributed by atoms with van der Waals surface area (Å²) >= 11 is 1.05. The van der Waals surface area contributed by atoms with E-state index in [1.807, 2.05) is 32.0 Å². The SMILES string of the molecule is COC(=O)c1c(NC(=O)Cc2ccc(OC)cc2)sc(C(=O)Nc2ccc(C)cc2C)c1C. The number of hydrogen-bond acceptors (Lipinski definition) is 6. The van der Waals surface area contributed by atoms with Crippen LogP contribution in [-0.4, -0.2) is 32.0 Å². The number of methoxy groups -OCH3 is 2. The van der Waals surface area contributed by atoms with Crippen molar-refractivity contribution >= 4 is 39.8 Å². The third-order valence-electron chi connectivity index (χ3n) is 5.15. The van der Waals surface area contributed by atoms with Crippen LogP contribution in [0.25, 0.3) is 0 Å². The first kappa shape index (κ1) is 24.0. The van der Waals surface area contributed by atoms with Crippen molar-refractivity contribution in [2.45, 2.75) is 27.2 Å². The third-order valence-corrected chi connectivity index (χ3v) is 6.36. The average Bonchev–Trinajstić information content (AvgIpc) is 3.11. The highest BCUT2D eigenvalue weighted by molar-refractivity contribution is 7.18. The van der Waals surface area contributed by atoms with E-state index in [-0.39, 0.29) is 28.8 Å². The topological polar surface area (TPSA) is 93.7 Å². The van der Waals surface area contributed by atoms with E-state index < -0.39 is 5.97 Å². The molecule has 172 valence electrons. The molecular weight excluding hydrogens is 440 g/mol.